The Morgan fingerprint density at radius 2 is 2.57 bits per heavy atom. The Morgan fingerprint density at radius 3 is 3.14 bits per heavy atom. The number of nitrogens with one attached hydrogen (secondary N) is 1. The fraction of sp³-hybridized carbons (Fsp3) is 0.500. The first-order chi connectivity index (χ1) is 6.77. The third kappa shape index (κ3) is 2.08. The van der Waals surface area contributed by atoms with Crippen molar-refractivity contribution in [3.05, 3.63) is 16.1 Å². The van der Waals surface area contributed by atoms with Gasteiger partial charge in [0.05, 0.1) is 6.04 Å². The quantitative estimate of drug-likeness (QED) is 0.800. The van der Waals surface area contributed by atoms with Crippen LogP contribution in [0, 0.1) is 0 Å². The second kappa shape index (κ2) is 4.29. The molecule has 0 aliphatic carbocycles. The highest BCUT2D eigenvalue weighted by Gasteiger charge is 2.19. The summed E-state index contributed by atoms with van der Waals surface area (Å²) in [5, 5.41) is 14.5. The molecule has 6 heteroatoms. The highest BCUT2D eigenvalue weighted by Crippen LogP contribution is 2.24. The summed E-state index contributed by atoms with van der Waals surface area (Å²) >= 11 is 3.29. The van der Waals surface area contributed by atoms with Crippen molar-refractivity contribution in [3.8, 4) is 0 Å². The van der Waals surface area contributed by atoms with E-state index < -0.39 is 5.97 Å². The first-order valence-corrected chi connectivity index (χ1v) is 6.30. The van der Waals surface area contributed by atoms with Crippen LogP contribution in [0.15, 0.2) is 5.38 Å². The molecule has 1 aromatic heterocycles. The van der Waals surface area contributed by atoms with Gasteiger partial charge in [0.1, 0.15) is 5.01 Å². The third-order valence-electron chi connectivity index (χ3n) is 1.96. The van der Waals surface area contributed by atoms with Crippen LogP contribution in [-0.2, 0) is 0 Å². The molecular formula is C8H10N2O2S2. The zero-order chi connectivity index (χ0) is 9.97. The number of rotatable bonds is 2. The minimum absolute atomic E-state index is 0.155. The Morgan fingerprint density at radius 1 is 1.71 bits per heavy atom. The molecule has 1 unspecified atom stereocenters. The van der Waals surface area contributed by atoms with Gasteiger partial charge in [-0.25, -0.2) is 9.78 Å². The molecule has 1 fully saturated rings. The minimum atomic E-state index is -0.948. The maximum atomic E-state index is 10.6. The van der Waals surface area contributed by atoms with E-state index in [1.54, 1.807) is 5.38 Å². The molecule has 4 nitrogen and oxygen atoms in total. The normalized spacial score (nSPS) is 22.1. The lowest BCUT2D eigenvalue weighted by molar-refractivity contribution is 0.0691. The minimum Gasteiger partial charge on any atom is -0.476 e. The number of carbonyl (C=O) groups is 1. The average Bonchev–Trinajstić information content (AvgIpc) is 2.68. The van der Waals surface area contributed by atoms with Gasteiger partial charge < -0.3 is 10.4 Å². The fourth-order valence-electron chi connectivity index (χ4n) is 1.27. The van der Waals surface area contributed by atoms with E-state index >= 15 is 0 Å². The van der Waals surface area contributed by atoms with Crippen LogP contribution in [0.3, 0.4) is 0 Å². The monoisotopic (exact) mass is 230 g/mol. The Labute approximate surface area is 89.7 Å². The van der Waals surface area contributed by atoms with Gasteiger partial charge >= 0.3 is 5.97 Å². The van der Waals surface area contributed by atoms with Crippen LogP contribution in [0.1, 0.15) is 21.5 Å². The lowest BCUT2D eigenvalue weighted by Crippen LogP contribution is -2.30. The van der Waals surface area contributed by atoms with Gasteiger partial charge in [-0.1, -0.05) is 0 Å². The van der Waals surface area contributed by atoms with Gasteiger partial charge in [-0.3, -0.25) is 0 Å². The van der Waals surface area contributed by atoms with E-state index in [9.17, 15) is 4.79 Å². The number of hydrogen-bond acceptors (Lipinski definition) is 5. The maximum absolute atomic E-state index is 10.6. The van der Waals surface area contributed by atoms with Crippen molar-refractivity contribution in [2.75, 3.05) is 18.1 Å². The smallest absolute Gasteiger partial charge is 0.355 e. The molecule has 0 bridgehead atoms. The molecule has 0 spiro atoms. The topological polar surface area (TPSA) is 62.2 Å². The van der Waals surface area contributed by atoms with Crippen LogP contribution in [-0.4, -0.2) is 34.1 Å². The summed E-state index contributed by atoms with van der Waals surface area (Å²) in [6.45, 7) is 0.970. The van der Waals surface area contributed by atoms with E-state index in [0.717, 1.165) is 23.1 Å². The van der Waals surface area contributed by atoms with Crippen LogP contribution >= 0.6 is 23.1 Å². The van der Waals surface area contributed by atoms with Crippen molar-refractivity contribution >= 4 is 29.1 Å². The van der Waals surface area contributed by atoms with Gasteiger partial charge in [-0.05, 0) is 0 Å². The second-order valence-corrected chi connectivity index (χ2v) is 5.00. The van der Waals surface area contributed by atoms with Crippen LogP contribution < -0.4 is 5.32 Å². The lowest BCUT2D eigenvalue weighted by atomic mass is 10.3. The predicted molar refractivity (Wildman–Crippen MR) is 57.1 cm³/mol. The molecule has 76 valence electrons. The molecule has 14 heavy (non-hydrogen) atoms. The van der Waals surface area contributed by atoms with E-state index in [2.05, 4.69) is 10.3 Å². The molecule has 1 atom stereocenters. The first-order valence-electron chi connectivity index (χ1n) is 4.27. The van der Waals surface area contributed by atoms with Gasteiger partial charge in [0.15, 0.2) is 5.69 Å². The van der Waals surface area contributed by atoms with E-state index in [-0.39, 0.29) is 11.7 Å². The van der Waals surface area contributed by atoms with Crippen molar-refractivity contribution in [2.24, 2.45) is 0 Å². The van der Waals surface area contributed by atoms with E-state index in [1.165, 1.54) is 11.3 Å². The highest BCUT2D eigenvalue weighted by atomic mass is 32.2. The molecule has 1 aliphatic heterocycles. The van der Waals surface area contributed by atoms with E-state index in [4.69, 9.17) is 5.11 Å². The molecule has 0 aromatic carbocycles. The SMILES string of the molecule is O=C(O)c1csc(C2CSCCN2)n1. The van der Waals surface area contributed by atoms with Gasteiger partial charge in [0, 0.05) is 23.4 Å². The van der Waals surface area contributed by atoms with Crippen molar-refractivity contribution in [2.45, 2.75) is 6.04 Å². The number of nitrogens with zero attached hydrogens (tertiary/aromatic N) is 1. The summed E-state index contributed by atoms with van der Waals surface area (Å²) in [4.78, 5) is 14.7. The molecule has 1 aromatic rings. The van der Waals surface area contributed by atoms with Crippen molar-refractivity contribution in [1.82, 2.24) is 10.3 Å². The molecule has 1 saturated heterocycles. The summed E-state index contributed by atoms with van der Waals surface area (Å²) in [6, 6.07) is 0.229. The van der Waals surface area contributed by atoms with Crippen LogP contribution in [0.25, 0.3) is 0 Å². The zero-order valence-corrected chi connectivity index (χ0v) is 9.03. The molecule has 0 radical (unpaired) electrons. The third-order valence-corrected chi connectivity index (χ3v) is 3.98. The van der Waals surface area contributed by atoms with Gasteiger partial charge in [-0.2, -0.15) is 11.8 Å². The number of thioether (sulfide) groups is 1. The number of hydrogen-bond donors (Lipinski definition) is 2. The molecule has 0 amide bonds. The van der Waals surface area contributed by atoms with Crippen LogP contribution in [0.2, 0.25) is 0 Å². The van der Waals surface area contributed by atoms with Gasteiger partial charge in [0.2, 0.25) is 0 Å². The summed E-state index contributed by atoms with van der Waals surface area (Å²) in [5.41, 5.74) is 0.155. The summed E-state index contributed by atoms with van der Waals surface area (Å²) in [7, 11) is 0. The fourth-order valence-corrected chi connectivity index (χ4v) is 3.18. The Hall–Kier alpha value is -0.590. The summed E-state index contributed by atoms with van der Waals surface area (Å²) in [5.74, 6) is 1.15. The van der Waals surface area contributed by atoms with Crippen LogP contribution in [0.5, 0.6) is 0 Å². The predicted octanol–water partition coefficient (Wildman–Crippen LogP) is 1.22. The molecule has 1 aliphatic rings. The highest BCUT2D eigenvalue weighted by molar-refractivity contribution is 7.99. The van der Waals surface area contributed by atoms with E-state index in [0.29, 0.717) is 0 Å². The standard InChI is InChI=1S/C8H10N2O2S2/c11-8(12)6-4-14-7(10-6)5-3-13-2-1-9-5/h4-5,9H,1-3H2,(H,11,12). The Bertz CT molecular complexity index is 334. The summed E-state index contributed by atoms with van der Waals surface area (Å²) < 4.78 is 0. The Kier molecular flexibility index (Phi) is 3.05. The van der Waals surface area contributed by atoms with Gasteiger partial charge in [0.25, 0.3) is 0 Å². The molecule has 2 heterocycles. The van der Waals surface area contributed by atoms with Crippen molar-refractivity contribution < 1.29 is 9.90 Å². The molecule has 0 saturated carbocycles. The summed E-state index contributed by atoms with van der Waals surface area (Å²) in [6.07, 6.45) is 0. The average molecular weight is 230 g/mol. The molecule has 2 rings (SSSR count). The number of carboxylic acids is 1. The molecular weight excluding hydrogens is 220 g/mol. The second-order valence-electron chi connectivity index (χ2n) is 2.96. The number of carboxylic acid groups (broad SMARTS) is 1. The van der Waals surface area contributed by atoms with Crippen LogP contribution in [0.4, 0.5) is 0 Å². The number of thiazole rings is 1. The number of aromatic nitrogens is 1. The van der Waals surface area contributed by atoms with E-state index in [1.807, 2.05) is 11.8 Å². The zero-order valence-electron chi connectivity index (χ0n) is 7.40. The van der Waals surface area contributed by atoms with Crippen molar-refractivity contribution in [3.63, 3.8) is 0 Å². The Balaban J connectivity index is 2.11. The lowest BCUT2D eigenvalue weighted by Gasteiger charge is -2.20. The van der Waals surface area contributed by atoms with Crippen molar-refractivity contribution in [1.29, 1.82) is 0 Å². The largest absolute Gasteiger partial charge is 0.476 e. The number of aromatic carboxylic acids is 1. The van der Waals surface area contributed by atoms with Gasteiger partial charge in [-0.15, -0.1) is 11.3 Å². The first kappa shape index (κ1) is 9.95. The molecule has 2 N–H and O–H groups in total. The maximum Gasteiger partial charge on any atom is 0.355 e.